The molecule has 3 heterocycles. The molecule has 34 heavy (non-hydrogen) atoms. The number of amides is 2. The number of aromatic nitrogens is 3. The molecule has 0 aliphatic heterocycles. The first kappa shape index (κ1) is 22.1. The summed E-state index contributed by atoms with van der Waals surface area (Å²) in [5, 5.41) is 16.7. The fourth-order valence-electron chi connectivity index (χ4n) is 4.95. The normalized spacial score (nSPS) is 24.2. The lowest BCUT2D eigenvalue weighted by molar-refractivity contribution is -0.0848. The first-order valence-corrected chi connectivity index (χ1v) is 11.3. The number of pyridine rings is 2. The zero-order chi connectivity index (χ0) is 23.9. The van der Waals surface area contributed by atoms with Gasteiger partial charge in [0, 0.05) is 12.2 Å². The van der Waals surface area contributed by atoms with Crippen molar-refractivity contribution in [2.24, 2.45) is 11.1 Å². The van der Waals surface area contributed by atoms with E-state index >= 15 is 0 Å². The molecular weight excluding hydrogens is 438 g/mol. The van der Waals surface area contributed by atoms with Crippen LogP contribution in [-0.2, 0) is 0 Å². The molecule has 0 saturated heterocycles. The first-order valence-electron chi connectivity index (χ1n) is 11.3. The highest BCUT2D eigenvalue weighted by Gasteiger charge is 2.54. The van der Waals surface area contributed by atoms with Crippen molar-refractivity contribution in [1.82, 2.24) is 19.9 Å². The van der Waals surface area contributed by atoms with E-state index in [4.69, 9.17) is 15.2 Å². The van der Waals surface area contributed by atoms with Gasteiger partial charge in [0.25, 0.3) is 11.8 Å². The van der Waals surface area contributed by atoms with Crippen molar-refractivity contribution in [2.45, 2.75) is 50.9 Å². The summed E-state index contributed by atoms with van der Waals surface area (Å²) in [4.78, 5) is 28.5. The number of nitrogens with two attached hydrogens (primary N) is 1. The Balaban J connectivity index is 1.13. The molecule has 3 aromatic rings. The second kappa shape index (κ2) is 8.60. The smallest absolute Gasteiger partial charge is 0.255 e. The van der Waals surface area contributed by atoms with Crippen LogP contribution < -0.4 is 20.5 Å². The van der Waals surface area contributed by atoms with Crippen LogP contribution in [0.25, 0.3) is 5.52 Å². The van der Waals surface area contributed by atoms with E-state index in [9.17, 15) is 14.7 Å². The topological polar surface area (TPSA) is 141 Å². The Labute approximate surface area is 196 Å². The number of carbonyl (C=O) groups excluding carboxylic acids is 2. The molecule has 10 heteroatoms. The van der Waals surface area contributed by atoms with Gasteiger partial charge in [-0.1, -0.05) is 0 Å². The van der Waals surface area contributed by atoms with Gasteiger partial charge in [-0.15, -0.1) is 0 Å². The summed E-state index contributed by atoms with van der Waals surface area (Å²) < 4.78 is 13.0. The van der Waals surface area contributed by atoms with Crippen LogP contribution in [0, 0.1) is 5.41 Å². The number of nitrogens with zero attached hydrogens (tertiary/aromatic N) is 3. The largest absolute Gasteiger partial charge is 0.489 e. The molecule has 4 N–H and O–H groups in total. The predicted molar refractivity (Wildman–Crippen MR) is 122 cm³/mol. The van der Waals surface area contributed by atoms with Gasteiger partial charge in [-0.3, -0.25) is 9.59 Å². The summed E-state index contributed by atoms with van der Waals surface area (Å²) in [6, 6.07) is 6.91. The van der Waals surface area contributed by atoms with Gasteiger partial charge in [0.05, 0.1) is 29.6 Å². The fourth-order valence-corrected chi connectivity index (χ4v) is 4.95. The van der Waals surface area contributed by atoms with Gasteiger partial charge in [0.15, 0.2) is 0 Å². The minimum absolute atomic E-state index is 0.00509. The molecule has 0 aromatic carbocycles. The van der Waals surface area contributed by atoms with Gasteiger partial charge in [-0.05, 0) is 62.3 Å². The van der Waals surface area contributed by atoms with Crippen LogP contribution >= 0.6 is 0 Å². The van der Waals surface area contributed by atoms with Gasteiger partial charge >= 0.3 is 0 Å². The van der Waals surface area contributed by atoms with Crippen molar-refractivity contribution in [3.63, 3.8) is 0 Å². The van der Waals surface area contributed by atoms with Crippen molar-refractivity contribution in [3.8, 4) is 11.6 Å². The molecule has 0 bridgehead atoms. The fraction of sp³-hybridized carbons (Fsp3) is 0.417. The Morgan fingerprint density at radius 2 is 2.06 bits per heavy atom. The van der Waals surface area contributed by atoms with Crippen LogP contribution in [0.5, 0.6) is 11.6 Å². The van der Waals surface area contributed by atoms with E-state index in [-0.39, 0.29) is 41.5 Å². The number of hydrogen-bond donors (Lipinski definition) is 3. The number of ether oxygens (including phenoxy) is 2. The third kappa shape index (κ3) is 4.28. The number of fused-ring (bicyclic) bond motifs is 1. The predicted octanol–water partition coefficient (Wildman–Crippen LogP) is 1.71. The summed E-state index contributed by atoms with van der Waals surface area (Å²) in [6.07, 6.45) is 7.74. The van der Waals surface area contributed by atoms with Crippen LogP contribution in [0.2, 0.25) is 0 Å². The molecule has 10 nitrogen and oxygen atoms in total. The summed E-state index contributed by atoms with van der Waals surface area (Å²) >= 11 is 0. The molecule has 1 spiro atoms. The minimum Gasteiger partial charge on any atom is -0.489 e. The van der Waals surface area contributed by atoms with E-state index in [1.165, 1.54) is 0 Å². The van der Waals surface area contributed by atoms with Crippen molar-refractivity contribution in [2.75, 3.05) is 6.61 Å². The Morgan fingerprint density at radius 3 is 2.79 bits per heavy atom. The quantitative estimate of drug-likeness (QED) is 0.460. The zero-order valence-corrected chi connectivity index (χ0v) is 18.8. The molecule has 2 aliphatic carbocycles. The van der Waals surface area contributed by atoms with Gasteiger partial charge in [0.1, 0.15) is 24.0 Å². The summed E-state index contributed by atoms with van der Waals surface area (Å²) in [6.45, 7) is 1.83. The number of hydrogen-bond acceptors (Lipinski definition) is 7. The van der Waals surface area contributed by atoms with E-state index in [1.54, 1.807) is 54.3 Å². The number of nitrogens with one attached hydrogen (secondary N) is 1. The average Bonchev–Trinajstić information content (AvgIpc) is 3.18. The van der Waals surface area contributed by atoms with Crippen molar-refractivity contribution in [1.29, 1.82) is 0 Å². The molecule has 0 unspecified atom stereocenters. The number of carbonyl (C=O) groups is 2. The molecule has 3 aromatic heterocycles. The summed E-state index contributed by atoms with van der Waals surface area (Å²) in [5.41, 5.74) is 7.04. The first-order chi connectivity index (χ1) is 16.3. The monoisotopic (exact) mass is 465 g/mol. The molecule has 0 radical (unpaired) electrons. The van der Waals surface area contributed by atoms with E-state index in [0.717, 1.165) is 25.7 Å². The third-order valence-corrected chi connectivity index (χ3v) is 6.56. The SMILES string of the molecule is C[C@@H](O)COc1ccc2c(C(=O)NC3CC4(C3)CC(Oc3ncccc3C(N)=O)C4)cnn2c1. The maximum atomic E-state index is 12.8. The van der Waals surface area contributed by atoms with Crippen LogP contribution in [0.3, 0.4) is 0 Å². The lowest BCUT2D eigenvalue weighted by Crippen LogP contribution is -2.58. The molecule has 2 amide bonds. The second-order valence-corrected chi connectivity index (χ2v) is 9.36. The third-order valence-electron chi connectivity index (χ3n) is 6.56. The Hall–Kier alpha value is -3.66. The van der Waals surface area contributed by atoms with Gasteiger partial charge in [-0.2, -0.15) is 5.10 Å². The van der Waals surface area contributed by atoms with Crippen LogP contribution in [0.15, 0.2) is 42.9 Å². The van der Waals surface area contributed by atoms with Crippen LogP contribution in [0.1, 0.15) is 53.3 Å². The van der Waals surface area contributed by atoms with Crippen LogP contribution in [0.4, 0.5) is 0 Å². The number of aliphatic hydroxyl groups is 1. The molecular formula is C24H27N5O5. The maximum absolute atomic E-state index is 12.8. The van der Waals surface area contributed by atoms with E-state index in [0.29, 0.717) is 16.8 Å². The zero-order valence-electron chi connectivity index (χ0n) is 18.8. The van der Waals surface area contributed by atoms with Gasteiger partial charge in [0.2, 0.25) is 5.88 Å². The number of aliphatic hydroxyl groups excluding tert-OH is 1. The Bertz CT molecular complexity index is 1230. The van der Waals surface area contributed by atoms with E-state index < -0.39 is 12.0 Å². The Morgan fingerprint density at radius 1 is 1.26 bits per heavy atom. The molecule has 2 aliphatic rings. The summed E-state index contributed by atoms with van der Waals surface area (Å²) in [7, 11) is 0. The Kier molecular flexibility index (Phi) is 5.60. The van der Waals surface area contributed by atoms with Crippen LogP contribution in [-0.4, -0.2) is 56.4 Å². The molecule has 5 rings (SSSR count). The highest BCUT2D eigenvalue weighted by atomic mass is 16.5. The molecule has 2 saturated carbocycles. The standard InChI is InChI=1S/C24H27N5O5/c1-14(30)13-33-16-4-5-20-19(11-27-29(20)12-16)22(32)28-15-7-24(8-15)9-17(10-24)34-23-18(21(25)31)3-2-6-26-23/h2-6,11-12,14-15,17,30H,7-10,13H2,1H3,(H2,25,31)(H,28,32)/t14-,15?,17?,24?/m1/s1. The van der Waals surface area contributed by atoms with Gasteiger partial charge in [-0.25, -0.2) is 9.50 Å². The van der Waals surface area contributed by atoms with E-state index in [1.807, 2.05) is 0 Å². The number of rotatable bonds is 8. The lowest BCUT2D eigenvalue weighted by Gasteiger charge is -2.57. The van der Waals surface area contributed by atoms with Crippen molar-refractivity contribution in [3.05, 3.63) is 54.0 Å². The lowest BCUT2D eigenvalue weighted by atomic mass is 9.53. The highest BCUT2D eigenvalue weighted by molar-refractivity contribution is 6.00. The molecule has 178 valence electrons. The second-order valence-electron chi connectivity index (χ2n) is 9.36. The average molecular weight is 466 g/mol. The maximum Gasteiger partial charge on any atom is 0.255 e. The van der Waals surface area contributed by atoms with E-state index in [2.05, 4.69) is 15.4 Å². The minimum atomic E-state index is -0.569. The summed E-state index contributed by atoms with van der Waals surface area (Å²) in [5.74, 6) is 0.144. The number of primary amides is 1. The van der Waals surface area contributed by atoms with Gasteiger partial charge < -0.3 is 25.6 Å². The van der Waals surface area contributed by atoms with Crippen molar-refractivity contribution >= 4 is 17.3 Å². The highest BCUT2D eigenvalue weighted by Crippen LogP contribution is 2.56. The van der Waals surface area contributed by atoms with Crippen molar-refractivity contribution < 1.29 is 24.2 Å². The molecule has 2 fully saturated rings. The molecule has 1 atom stereocenters.